The van der Waals surface area contributed by atoms with Crippen LogP contribution in [0.2, 0.25) is 0 Å². The van der Waals surface area contributed by atoms with Crippen molar-refractivity contribution in [3.8, 4) is 11.5 Å². The maximum Gasteiger partial charge on any atom is 0.282 e. The van der Waals surface area contributed by atoms with Crippen molar-refractivity contribution < 1.29 is 9.47 Å². The van der Waals surface area contributed by atoms with Crippen molar-refractivity contribution in [2.45, 2.75) is 33.1 Å². The number of halogens is 2. The molecule has 0 spiro atoms. The first kappa shape index (κ1) is 24.2. The van der Waals surface area contributed by atoms with Gasteiger partial charge in [0.05, 0.1) is 23.7 Å². The van der Waals surface area contributed by atoms with E-state index in [2.05, 4.69) is 50.5 Å². The topological polar surface area (TPSA) is 65.7 Å². The van der Waals surface area contributed by atoms with Crippen molar-refractivity contribution in [1.82, 2.24) is 9.66 Å². The molecule has 1 aromatic heterocycles. The fraction of sp³-hybridized carbons (Fsp3) is 0.292. The minimum absolute atomic E-state index is 0.203. The van der Waals surface area contributed by atoms with Crippen LogP contribution in [0.3, 0.4) is 0 Å². The predicted molar refractivity (Wildman–Crippen MR) is 136 cm³/mol. The number of rotatable bonds is 10. The Bertz CT molecular complexity index is 1210. The van der Waals surface area contributed by atoms with Crippen molar-refractivity contribution in [3.63, 3.8) is 0 Å². The summed E-state index contributed by atoms with van der Waals surface area (Å²) >= 11 is 7.00. The van der Waals surface area contributed by atoms with Gasteiger partial charge < -0.3 is 9.47 Å². The van der Waals surface area contributed by atoms with Gasteiger partial charge in [0.15, 0.2) is 11.5 Å². The minimum Gasteiger partial charge on any atom is -0.490 e. The molecule has 32 heavy (non-hydrogen) atoms. The van der Waals surface area contributed by atoms with Gasteiger partial charge in [-0.2, -0.15) is 9.78 Å². The minimum atomic E-state index is -0.203. The molecule has 0 fully saturated rings. The van der Waals surface area contributed by atoms with Crippen LogP contribution in [0.1, 0.15) is 38.1 Å². The molecule has 0 atom stereocenters. The number of ether oxygens (including phenoxy) is 2. The first-order chi connectivity index (χ1) is 15.5. The average Bonchev–Trinajstić information content (AvgIpc) is 2.78. The summed E-state index contributed by atoms with van der Waals surface area (Å²) in [5.74, 6) is 1.84. The molecule has 8 heteroatoms. The van der Waals surface area contributed by atoms with Crippen molar-refractivity contribution in [3.05, 3.63) is 73.7 Å². The second-order valence-electron chi connectivity index (χ2n) is 7.01. The molecule has 3 aromatic rings. The van der Waals surface area contributed by atoms with E-state index in [4.69, 9.17) is 14.5 Å². The van der Waals surface area contributed by atoms with E-state index in [0.29, 0.717) is 47.9 Å². The van der Waals surface area contributed by atoms with Gasteiger partial charge in [0.2, 0.25) is 0 Å². The highest BCUT2D eigenvalue weighted by Crippen LogP contribution is 2.33. The van der Waals surface area contributed by atoms with Crippen LogP contribution in [-0.4, -0.2) is 29.1 Å². The van der Waals surface area contributed by atoms with E-state index in [9.17, 15) is 4.79 Å². The van der Waals surface area contributed by atoms with Gasteiger partial charge in [-0.1, -0.05) is 41.9 Å². The molecule has 3 rings (SSSR count). The first-order valence-electron chi connectivity index (χ1n) is 10.4. The van der Waals surface area contributed by atoms with Crippen LogP contribution in [0.15, 0.2) is 61.8 Å². The van der Waals surface area contributed by atoms with Gasteiger partial charge in [0, 0.05) is 20.9 Å². The number of nitrogens with zero attached hydrogens (tertiary/aromatic N) is 3. The Hall–Kier alpha value is -2.45. The normalized spacial score (nSPS) is 11.2. The van der Waals surface area contributed by atoms with Gasteiger partial charge >= 0.3 is 0 Å². The molecule has 0 bridgehead atoms. The smallest absolute Gasteiger partial charge is 0.282 e. The molecule has 0 amide bonds. The van der Waals surface area contributed by atoms with Crippen molar-refractivity contribution in [2.75, 3.05) is 13.2 Å². The molecule has 0 aliphatic heterocycles. The predicted octanol–water partition coefficient (Wildman–Crippen LogP) is 6.11. The molecule has 0 radical (unpaired) electrons. The molecule has 0 unspecified atom stereocenters. The van der Waals surface area contributed by atoms with Gasteiger partial charge in [-0.25, -0.2) is 4.98 Å². The summed E-state index contributed by atoms with van der Waals surface area (Å²) in [6, 6.07) is 9.16. The van der Waals surface area contributed by atoms with Crippen LogP contribution in [-0.2, 0) is 6.42 Å². The van der Waals surface area contributed by atoms with E-state index in [0.717, 1.165) is 27.4 Å². The summed E-state index contributed by atoms with van der Waals surface area (Å²) in [5.41, 5.74) is 1.21. The monoisotopic (exact) mass is 561 g/mol. The van der Waals surface area contributed by atoms with Gasteiger partial charge in [0.25, 0.3) is 5.56 Å². The zero-order valence-corrected chi connectivity index (χ0v) is 21.3. The molecule has 0 N–H and O–H groups in total. The molecule has 2 aromatic carbocycles. The zero-order valence-electron chi connectivity index (χ0n) is 18.1. The van der Waals surface area contributed by atoms with E-state index >= 15 is 0 Å². The van der Waals surface area contributed by atoms with E-state index < -0.39 is 0 Å². The fourth-order valence-corrected chi connectivity index (χ4v) is 3.90. The molecule has 6 nitrogen and oxygen atoms in total. The Labute approximate surface area is 204 Å². The third-order valence-electron chi connectivity index (χ3n) is 4.66. The summed E-state index contributed by atoms with van der Waals surface area (Å²) in [7, 11) is 0. The molecule has 1 heterocycles. The highest BCUT2D eigenvalue weighted by Gasteiger charge is 2.13. The lowest BCUT2D eigenvalue weighted by Gasteiger charge is -2.13. The zero-order chi connectivity index (χ0) is 23.1. The fourth-order valence-electron chi connectivity index (χ4n) is 3.11. The standard InChI is InChI=1S/C24H25Br2N3O3/c1-4-7-8-23-28-20-10-9-17(25)13-18(20)24(30)29(23)27-15-16-12-21(31-6-3)22(14-19(16)26)32-11-5-2/h5,9-10,12-15H,2,4,6-8,11H2,1,3H3. The van der Waals surface area contributed by atoms with Crippen molar-refractivity contribution >= 4 is 49.0 Å². The van der Waals surface area contributed by atoms with E-state index in [1.165, 1.54) is 4.68 Å². The molecular formula is C24H25Br2N3O3. The largest absolute Gasteiger partial charge is 0.490 e. The lowest BCUT2D eigenvalue weighted by atomic mass is 10.2. The maximum absolute atomic E-state index is 13.2. The third kappa shape index (κ3) is 5.66. The first-order valence-corrected chi connectivity index (χ1v) is 12.0. The highest BCUT2D eigenvalue weighted by atomic mass is 79.9. The molecule has 0 saturated heterocycles. The summed E-state index contributed by atoms with van der Waals surface area (Å²) in [6.45, 7) is 8.55. The molecular weight excluding hydrogens is 538 g/mol. The molecule has 0 saturated carbocycles. The number of benzene rings is 2. The lowest BCUT2D eigenvalue weighted by molar-refractivity contribution is 0.296. The Morgan fingerprint density at radius 1 is 1.16 bits per heavy atom. The van der Waals surface area contributed by atoms with Gasteiger partial charge in [-0.3, -0.25) is 4.79 Å². The van der Waals surface area contributed by atoms with Crippen LogP contribution < -0.4 is 15.0 Å². The van der Waals surface area contributed by atoms with Crippen molar-refractivity contribution in [2.24, 2.45) is 5.10 Å². The number of hydrogen-bond acceptors (Lipinski definition) is 5. The van der Waals surface area contributed by atoms with Crippen LogP contribution in [0.4, 0.5) is 0 Å². The number of fused-ring (bicyclic) bond motifs is 1. The molecule has 0 aliphatic carbocycles. The summed E-state index contributed by atoms with van der Waals surface area (Å²) in [6.07, 6.45) is 5.88. The highest BCUT2D eigenvalue weighted by molar-refractivity contribution is 9.10. The quantitative estimate of drug-likeness (QED) is 0.221. The van der Waals surface area contributed by atoms with Gasteiger partial charge in [-0.05, 0) is 59.6 Å². The summed E-state index contributed by atoms with van der Waals surface area (Å²) in [4.78, 5) is 17.9. The van der Waals surface area contributed by atoms with Crippen LogP contribution >= 0.6 is 31.9 Å². The van der Waals surface area contributed by atoms with Crippen molar-refractivity contribution in [1.29, 1.82) is 0 Å². The van der Waals surface area contributed by atoms with E-state index in [-0.39, 0.29) is 5.56 Å². The molecule has 168 valence electrons. The van der Waals surface area contributed by atoms with E-state index in [1.54, 1.807) is 18.4 Å². The van der Waals surface area contributed by atoms with Gasteiger partial charge in [0.1, 0.15) is 12.4 Å². The maximum atomic E-state index is 13.2. The number of hydrogen-bond donors (Lipinski definition) is 0. The number of aryl methyl sites for hydroxylation is 1. The number of aromatic nitrogens is 2. The summed E-state index contributed by atoms with van der Waals surface area (Å²) in [5, 5.41) is 5.03. The Kier molecular flexibility index (Phi) is 8.64. The Morgan fingerprint density at radius 2 is 1.94 bits per heavy atom. The second-order valence-corrected chi connectivity index (χ2v) is 8.78. The van der Waals surface area contributed by atoms with E-state index in [1.807, 2.05) is 31.2 Å². The van der Waals surface area contributed by atoms with Gasteiger partial charge in [-0.15, -0.1) is 0 Å². The lowest BCUT2D eigenvalue weighted by Crippen LogP contribution is -2.22. The molecule has 0 aliphatic rings. The van der Waals surface area contributed by atoms with Crippen LogP contribution in [0.5, 0.6) is 11.5 Å². The Morgan fingerprint density at radius 3 is 2.66 bits per heavy atom. The second kappa shape index (κ2) is 11.4. The van der Waals surface area contributed by atoms with Crippen LogP contribution in [0, 0.1) is 0 Å². The number of unbranched alkanes of at least 4 members (excludes halogenated alkanes) is 1. The summed E-state index contributed by atoms with van der Waals surface area (Å²) < 4.78 is 14.4. The Balaban J connectivity index is 2.08. The SMILES string of the molecule is C=CCOc1cc(Br)c(C=Nn2c(CCCC)nc3ccc(Br)cc3c2=O)cc1OCC. The van der Waals surface area contributed by atoms with Crippen LogP contribution in [0.25, 0.3) is 10.9 Å². The average molecular weight is 563 g/mol. The third-order valence-corrected chi connectivity index (χ3v) is 5.84.